The number of nitrogens with two attached hydrogens (primary N) is 1. The molecule has 0 amide bonds. The predicted octanol–water partition coefficient (Wildman–Crippen LogP) is 2.78. The molecule has 1 aromatic carbocycles. The van der Waals surface area contributed by atoms with E-state index in [0.717, 1.165) is 5.75 Å². The molecule has 3 heteroatoms. The Labute approximate surface area is 103 Å². The van der Waals surface area contributed by atoms with Gasteiger partial charge in [0, 0.05) is 5.56 Å². The van der Waals surface area contributed by atoms with Gasteiger partial charge >= 0.3 is 0 Å². The van der Waals surface area contributed by atoms with E-state index in [-0.39, 0.29) is 11.9 Å². The molecule has 94 valence electrons. The Morgan fingerprint density at radius 2 is 1.88 bits per heavy atom. The molecule has 17 heavy (non-hydrogen) atoms. The molecule has 1 rings (SSSR count). The van der Waals surface area contributed by atoms with Crippen LogP contribution in [0.3, 0.4) is 0 Å². The van der Waals surface area contributed by atoms with Crippen molar-refractivity contribution in [2.75, 3.05) is 0 Å². The van der Waals surface area contributed by atoms with Crippen molar-refractivity contribution >= 4 is 5.78 Å². The molecule has 0 aliphatic rings. The van der Waals surface area contributed by atoms with Gasteiger partial charge in [-0.3, -0.25) is 4.79 Å². The summed E-state index contributed by atoms with van der Waals surface area (Å²) in [5, 5.41) is 0. The van der Waals surface area contributed by atoms with Gasteiger partial charge in [0.15, 0.2) is 5.78 Å². The standard InChI is InChI=1S/C14H21NO2/c1-5-14(4,15)13(16)11-6-8-12(9-7-11)17-10(2)3/h6-10H,5,15H2,1-4H3. The van der Waals surface area contributed by atoms with Crippen LogP contribution in [0.2, 0.25) is 0 Å². The van der Waals surface area contributed by atoms with E-state index in [1.54, 1.807) is 31.2 Å². The minimum absolute atomic E-state index is 0.0314. The summed E-state index contributed by atoms with van der Waals surface area (Å²) in [7, 11) is 0. The van der Waals surface area contributed by atoms with Gasteiger partial charge in [0.2, 0.25) is 0 Å². The molecular formula is C14H21NO2. The maximum Gasteiger partial charge on any atom is 0.182 e. The van der Waals surface area contributed by atoms with Crippen LogP contribution in [-0.2, 0) is 0 Å². The van der Waals surface area contributed by atoms with Crippen molar-refractivity contribution in [1.29, 1.82) is 0 Å². The van der Waals surface area contributed by atoms with E-state index < -0.39 is 5.54 Å². The van der Waals surface area contributed by atoms with Crippen molar-refractivity contribution < 1.29 is 9.53 Å². The molecule has 1 aromatic rings. The lowest BCUT2D eigenvalue weighted by Crippen LogP contribution is -2.44. The molecule has 0 spiro atoms. The Hall–Kier alpha value is -1.35. The fraction of sp³-hybridized carbons (Fsp3) is 0.500. The molecule has 0 aliphatic heterocycles. The number of carbonyl (C=O) groups excluding carboxylic acids is 1. The van der Waals surface area contributed by atoms with Gasteiger partial charge in [0.1, 0.15) is 5.75 Å². The van der Waals surface area contributed by atoms with E-state index in [1.165, 1.54) is 0 Å². The summed E-state index contributed by atoms with van der Waals surface area (Å²) in [6.45, 7) is 7.60. The summed E-state index contributed by atoms with van der Waals surface area (Å²) in [4.78, 5) is 12.1. The first kappa shape index (κ1) is 13.7. The fourth-order valence-corrected chi connectivity index (χ4v) is 1.45. The first-order valence-electron chi connectivity index (χ1n) is 5.97. The largest absolute Gasteiger partial charge is 0.491 e. The molecule has 2 N–H and O–H groups in total. The van der Waals surface area contributed by atoms with E-state index >= 15 is 0 Å². The summed E-state index contributed by atoms with van der Waals surface area (Å²) in [6.07, 6.45) is 0.753. The van der Waals surface area contributed by atoms with Crippen molar-refractivity contribution in [2.24, 2.45) is 5.73 Å². The van der Waals surface area contributed by atoms with Gasteiger partial charge < -0.3 is 10.5 Å². The van der Waals surface area contributed by atoms with Crippen LogP contribution in [-0.4, -0.2) is 17.4 Å². The molecule has 0 saturated carbocycles. The Morgan fingerprint density at radius 1 is 1.35 bits per heavy atom. The second-order valence-corrected chi connectivity index (χ2v) is 4.79. The van der Waals surface area contributed by atoms with Crippen molar-refractivity contribution in [3.8, 4) is 5.75 Å². The lowest BCUT2D eigenvalue weighted by molar-refractivity contribution is 0.0898. The van der Waals surface area contributed by atoms with Crippen LogP contribution in [0.4, 0.5) is 0 Å². The average molecular weight is 235 g/mol. The molecule has 0 saturated heterocycles. The SMILES string of the molecule is CCC(C)(N)C(=O)c1ccc(OC(C)C)cc1. The molecule has 1 atom stereocenters. The number of carbonyl (C=O) groups is 1. The number of hydrogen-bond donors (Lipinski definition) is 1. The molecule has 0 heterocycles. The van der Waals surface area contributed by atoms with E-state index in [9.17, 15) is 4.79 Å². The van der Waals surface area contributed by atoms with Crippen molar-refractivity contribution in [1.82, 2.24) is 0 Å². The zero-order valence-corrected chi connectivity index (χ0v) is 11.0. The van der Waals surface area contributed by atoms with Gasteiger partial charge in [-0.1, -0.05) is 6.92 Å². The lowest BCUT2D eigenvalue weighted by Gasteiger charge is -2.21. The molecule has 0 aromatic heterocycles. The Morgan fingerprint density at radius 3 is 2.29 bits per heavy atom. The zero-order chi connectivity index (χ0) is 13.1. The highest BCUT2D eigenvalue weighted by Crippen LogP contribution is 2.18. The Bertz CT molecular complexity index is 380. The maximum atomic E-state index is 12.1. The number of Topliss-reactive ketones (excluding diaryl/α,β-unsaturated/α-hetero) is 1. The molecule has 1 unspecified atom stereocenters. The molecule has 0 bridgehead atoms. The highest BCUT2D eigenvalue weighted by molar-refractivity contribution is 6.02. The van der Waals surface area contributed by atoms with Crippen LogP contribution < -0.4 is 10.5 Å². The summed E-state index contributed by atoms with van der Waals surface area (Å²) in [5.41, 5.74) is 5.77. The van der Waals surface area contributed by atoms with Crippen LogP contribution >= 0.6 is 0 Å². The smallest absolute Gasteiger partial charge is 0.182 e. The lowest BCUT2D eigenvalue weighted by atomic mass is 9.90. The molecule has 3 nitrogen and oxygen atoms in total. The zero-order valence-electron chi connectivity index (χ0n) is 11.0. The summed E-state index contributed by atoms with van der Waals surface area (Å²) in [6, 6.07) is 7.14. The summed E-state index contributed by atoms with van der Waals surface area (Å²) >= 11 is 0. The van der Waals surface area contributed by atoms with Crippen LogP contribution in [0.25, 0.3) is 0 Å². The number of rotatable bonds is 5. The Kier molecular flexibility index (Phi) is 4.29. The topological polar surface area (TPSA) is 52.3 Å². The van der Waals surface area contributed by atoms with Gasteiger partial charge in [-0.2, -0.15) is 0 Å². The van der Waals surface area contributed by atoms with Crippen molar-refractivity contribution in [2.45, 2.75) is 45.8 Å². The minimum Gasteiger partial charge on any atom is -0.491 e. The number of ether oxygens (including phenoxy) is 1. The third-order valence-corrected chi connectivity index (χ3v) is 2.74. The van der Waals surface area contributed by atoms with Crippen LogP contribution in [0.1, 0.15) is 44.5 Å². The normalized spacial score (nSPS) is 14.5. The summed E-state index contributed by atoms with van der Waals surface area (Å²) in [5.74, 6) is 0.739. The molecule has 0 radical (unpaired) electrons. The second-order valence-electron chi connectivity index (χ2n) is 4.79. The monoisotopic (exact) mass is 235 g/mol. The van der Waals surface area contributed by atoms with Gasteiger partial charge in [-0.15, -0.1) is 0 Å². The van der Waals surface area contributed by atoms with Crippen LogP contribution in [0.15, 0.2) is 24.3 Å². The third-order valence-electron chi connectivity index (χ3n) is 2.74. The predicted molar refractivity (Wildman–Crippen MR) is 69.4 cm³/mol. The fourth-order valence-electron chi connectivity index (χ4n) is 1.45. The first-order valence-corrected chi connectivity index (χ1v) is 5.97. The molecule has 0 fully saturated rings. The average Bonchev–Trinajstić information content (AvgIpc) is 2.28. The van der Waals surface area contributed by atoms with Gasteiger partial charge in [-0.05, 0) is 51.5 Å². The number of hydrogen-bond acceptors (Lipinski definition) is 3. The van der Waals surface area contributed by atoms with Crippen molar-refractivity contribution in [3.63, 3.8) is 0 Å². The third kappa shape index (κ3) is 3.56. The van der Waals surface area contributed by atoms with Crippen LogP contribution in [0, 0.1) is 0 Å². The van der Waals surface area contributed by atoms with Crippen molar-refractivity contribution in [3.05, 3.63) is 29.8 Å². The van der Waals surface area contributed by atoms with Crippen LogP contribution in [0.5, 0.6) is 5.75 Å². The molecule has 0 aliphatic carbocycles. The van der Waals surface area contributed by atoms with E-state index in [4.69, 9.17) is 10.5 Å². The maximum absolute atomic E-state index is 12.1. The number of benzene rings is 1. The minimum atomic E-state index is -0.791. The van der Waals surface area contributed by atoms with Gasteiger partial charge in [0.05, 0.1) is 11.6 Å². The van der Waals surface area contributed by atoms with E-state index in [1.807, 2.05) is 20.8 Å². The van der Waals surface area contributed by atoms with E-state index in [0.29, 0.717) is 12.0 Å². The molecular weight excluding hydrogens is 214 g/mol. The summed E-state index contributed by atoms with van der Waals surface area (Å²) < 4.78 is 5.52. The first-order chi connectivity index (χ1) is 7.86. The van der Waals surface area contributed by atoms with Gasteiger partial charge in [-0.25, -0.2) is 0 Å². The highest BCUT2D eigenvalue weighted by atomic mass is 16.5. The Balaban J connectivity index is 2.84. The number of ketones is 1. The highest BCUT2D eigenvalue weighted by Gasteiger charge is 2.26. The van der Waals surface area contributed by atoms with Gasteiger partial charge in [0.25, 0.3) is 0 Å². The quantitative estimate of drug-likeness (QED) is 0.798. The van der Waals surface area contributed by atoms with E-state index in [2.05, 4.69) is 0 Å². The second kappa shape index (κ2) is 5.32.